The zero-order valence-corrected chi connectivity index (χ0v) is 7.04. The van der Waals surface area contributed by atoms with E-state index in [0.717, 1.165) is 16.8 Å². The first kappa shape index (κ1) is 8.46. The Labute approximate surface area is 71.5 Å². The number of H-pyrrole nitrogens is 1. The minimum absolute atomic E-state index is 0.853. The monoisotopic (exact) mass is 161 g/mol. The van der Waals surface area contributed by atoms with Crippen LogP contribution in [0.3, 0.4) is 0 Å². The van der Waals surface area contributed by atoms with Crippen molar-refractivity contribution < 1.29 is 0 Å². The molecule has 0 bridgehead atoms. The Morgan fingerprint density at radius 3 is 2.92 bits per heavy atom. The van der Waals surface area contributed by atoms with Crippen molar-refractivity contribution in [1.29, 1.82) is 0 Å². The van der Waals surface area contributed by atoms with Gasteiger partial charge in [0.2, 0.25) is 0 Å². The Hall–Kier alpha value is -1.64. The van der Waals surface area contributed by atoms with E-state index in [0.29, 0.717) is 0 Å². The highest BCUT2D eigenvalue weighted by atomic mass is 15.1. The molecular formula is C9H11N3. The zero-order chi connectivity index (χ0) is 8.97. The Bertz CT molecular complexity index is 307. The maximum Gasteiger partial charge on any atom is 0.0566 e. The molecule has 0 spiro atoms. The van der Waals surface area contributed by atoms with Crippen molar-refractivity contribution in [3.8, 4) is 0 Å². The highest BCUT2D eigenvalue weighted by molar-refractivity contribution is 5.75. The predicted molar refractivity (Wildman–Crippen MR) is 50.9 cm³/mol. The van der Waals surface area contributed by atoms with Crippen LogP contribution >= 0.6 is 0 Å². The summed E-state index contributed by atoms with van der Waals surface area (Å²) in [6, 6.07) is 0. The summed E-state index contributed by atoms with van der Waals surface area (Å²) in [5.41, 5.74) is 2.79. The number of aliphatic imine (C=N–C) groups is 1. The summed E-state index contributed by atoms with van der Waals surface area (Å²) in [4.78, 5) is 3.83. The van der Waals surface area contributed by atoms with Crippen LogP contribution in [-0.2, 0) is 0 Å². The molecule has 0 aliphatic heterocycles. The maximum atomic E-state index is 3.84. The average molecular weight is 161 g/mol. The fraction of sp³-hybridized carbons (Fsp3) is 0.111. The van der Waals surface area contributed by atoms with Gasteiger partial charge in [-0.25, -0.2) is 0 Å². The molecule has 1 N–H and O–H groups in total. The number of hydrogen-bond acceptors (Lipinski definition) is 2. The van der Waals surface area contributed by atoms with Crippen LogP contribution in [-0.4, -0.2) is 16.9 Å². The van der Waals surface area contributed by atoms with E-state index in [1.54, 1.807) is 18.5 Å². The molecule has 3 heteroatoms. The molecule has 0 aliphatic rings. The molecule has 12 heavy (non-hydrogen) atoms. The van der Waals surface area contributed by atoms with Crippen molar-refractivity contribution in [2.45, 2.75) is 6.92 Å². The molecule has 1 rings (SSSR count). The summed E-state index contributed by atoms with van der Waals surface area (Å²) in [5.74, 6) is 0. The number of aromatic amines is 1. The number of rotatable bonds is 3. The van der Waals surface area contributed by atoms with Gasteiger partial charge in [0.25, 0.3) is 0 Å². The maximum absolute atomic E-state index is 3.84. The van der Waals surface area contributed by atoms with Gasteiger partial charge in [0, 0.05) is 23.0 Å². The molecule has 1 heterocycles. The standard InChI is InChI=1S/C9H11N3/c1-4-9(7(2)10-3)8-5-11-12-6-8/h4-6H,1,3H2,2H3,(H,11,12)/b9-7+. The summed E-state index contributed by atoms with van der Waals surface area (Å²) >= 11 is 0. The highest BCUT2D eigenvalue weighted by Crippen LogP contribution is 2.18. The second-order valence-electron chi connectivity index (χ2n) is 2.35. The van der Waals surface area contributed by atoms with Crippen LogP contribution in [0.1, 0.15) is 12.5 Å². The van der Waals surface area contributed by atoms with Crippen LogP contribution < -0.4 is 0 Å². The van der Waals surface area contributed by atoms with E-state index in [4.69, 9.17) is 0 Å². The van der Waals surface area contributed by atoms with Gasteiger partial charge < -0.3 is 0 Å². The summed E-state index contributed by atoms with van der Waals surface area (Å²) in [5, 5.41) is 6.57. The lowest BCUT2D eigenvalue weighted by Crippen LogP contribution is -1.80. The quantitative estimate of drug-likeness (QED) is 0.534. The van der Waals surface area contributed by atoms with Crippen molar-refractivity contribution in [3.63, 3.8) is 0 Å². The number of allylic oxidation sites excluding steroid dienone is 3. The lowest BCUT2D eigenvalue weighted by Gasteiger charge is -1.99. The summed E-state index contributed by atoms with van der Waals surface area (Å²) in [7, 11) is 0. The van der Waals surface area contributed by atoms with E-state index in [2.05, 4.69) is 28.5 Å². The Morgan fingerprint density at radius 2 is 2.50 bits per heavy atom. The van der Waals surface area contributed by atoms with Crippen LogP contribution in [0.5, 0.6) is 0 Å². The topological polar surface area (TPSA) is 41.0 Å². The van der Waals surface area contributed by atoms with Crippen molar-refractivity contribution in [3.05, 3.63) is 36.3 Å². The van der Waals surface area contributed by atoms with Gasteiger partial charge in [0.1, 0.15) is 0 Å². The summed E-state index contributed by atoms with van der Waals surface area (Å²) in [6.07, 6.45) is 5.27. The summed E-state index contributed by atoms with van der Waals surface area (Å²) in [6.45, 7) is 9.04. The minimum atomic E-state index is 0.853. The van der Waals surface area contributed by atoms with Crippen LogP contribution in [0.4, 0.5) is 0 Å². The molecule has 62 valence electrons. The number of nitrogens with zero attached hydrogens (tertiary/aromatic N) is 2. The SMILES string of the molecule is C=C/C(=C(/C)N=C)c1cn[nH]c1. The fourth-order valence-corrected chi connectivity index (χ4v) is 0.958. The normalized spacial score (nSPS) is 12.1. The molecule has 0 radical (unpaired) electrons. The van der Waals surface area contributed by atoms with E-state index >= 15 is 0 Å². The smallest absolute Gasteiger partial charge is 0.0566 e. The van der Waals surface area contributed by atoms with Gasteiger partial charge in [0.15, 0.2) is 0 Å². The predicted octanol–water partition coefficient (Wildman–Crippen LogP) is 2.03. The van der Waals surface area contributed by atoms with Gasteiger partial charge in [-0.15, -0.1) is 0 Å². The molecule has 0 amide bonds. The molecule has 0 saturated carbocycles. The minimum Gasteiger partial charge on any atom is -0.285 e. The van der Waals surface area contributed by atoms with E-state index < -0.39 is 0 Å². The number of hydrogen-bond donors (Lipinski definition) is 1. The molecular weight excluding hydrogens is 150 g/mol. The second kappa shape index (κ2) is 3.67. The first-order chi connectivity index (χ1) is 5.79. The summed E-state index contributed by atoms with van der Waals surface area (Å²) < 4.78 is 0. The van der Waals surface area contributed by atoms with Crippen molar-refractivity contribution >= 4 is 12.3 Å². The van der Waals surface area contributed by atoms with Crippen LogP contribution in [0.25, 0.3) is 5.57 Å². The molecule has 1 aromatic heterocycles. The van der Waals surface area contributed by atoms with E-state index in [-0.39, 0.29) is 0 Å². The molecule has 0 aromatic carbocycles. The fourth-order valence-electron chi connectivity index (χ4n) is 0.958. The first-order valence-corrected chi connectivity index (χ1v) is 3.58. The molecule has 0 fully saturated rings. The van der Waals surface area contributed by atoms with Gasteiger partial charge in [0.05, 0.1) is 6.20 Å². The Kier molecular flexibility index (Phi) is 2.58. The second-order valence-corrected chi connectivity index (χ2v) is 2.35. The lowest BCUT2D eigenvalue weighted by atomic mass is 10.1. The zero-order valence-electron chi connectivity index (χ0n) is 7.04. The van der Waals surface area contributed by atoms with Crippen molar-refractivity contribution in [2.24, 2.45) is 4.99 Å². The van der Waals surface area contributed by atoms with Crippen LogP contribution in [0.15, 0.2) is 35.7 Å². The average Bonchev–Trinajstić information content (AvgIpc) is 2.58. The third-order valence-electron chi connectivity index (χ3n) is 1.64. The molecule has 0 aliphatic carbocycles. The molecule has 0 saturated heterocycles. The van der Waals surface area contributed by atoms with Gasteiger partial charge in [-0.3, -0.25) is 10.1 Å². The van der Waals surface area contributed by atoms with E-state index in [1.807, 2.05) is 6.92 Å². The van der Waals surface area contributed by atoms with Gasteiger partial charge in [-0.1, -0.05) is 12.7 Å². The molecule has 3 nitrogen and oxygen atoms in total. The van der Waals surface area contributed by atoms with Crippen molar-refractivity contribution in [2.75, 3.05) is 0 Å². The lowest BCUT2D eigenvalue weighted by molar-refractivity contribution is 1.09. The van der Waals surface area contributed by atoms with Gasteiger partial charge in [-0.05, 0) is 13.6 Å². The van der Waals surface area contributed by atoms with Crippen LogP contribution in [0, 0.1) is 0 Å². The first-order valence-electron chi connectivity index (χ1n) is 3.58. The van der Waals surface area contributed by atoms with Crippen LogP contribution in [0.2, 0.25) is 0 Å². The van der Waals surface area contributed by atoms with E-state index in [1.165, 1.54) is 0 Å². The van der Waals surface area contributed by atoms with Crippen molar-refractivity contribution in [1.82, 2.24) is 10.2 Å². The molecule has 0 atom stereocenters. The molecule has 1 aromatic rings. The Morgan fingerprint density at radius 1 is 1.75 bits per heavy atom. The highest BCUT2D eigenvalue weighted by Gasteiger charge is 2.01. The Balaban J connectivity index is 3.14. The van der Waals surface area contributed by atoms with Gasteiger partial charge in [-0.2, -0.15) is 5.10 Å². The third-order valence-corrected chi connectivity index (χ3v) is 1.64. The number of nitrogens with one attached hydrogen (secondary N) is 1. The van der Waals surface area contributed by atoms with Gasteiger partial charge >= 0.3 is 0 Å². The molecule has 0 unspecified atom stereocenters. The number of aromatic nitrogens is 2. The largest absolute Gasteiger partial charge is 0.285 e. The third kappa shape index (κ3) is 1.50. The van der Waals surface area contributed by atoms with E-state index in [9.17, 15) is 0 Å².